The van der Waals surface area contributed by atoms with Crippen molar-refractivity contribution in [3.63, 3.8) is 0 Å². The number of hydrogen-bond donors (Lipinski definition) is 0. The van der Waals surface area contributed by atoms with Crippen LogP contribution in [0.3, 0.4) is 0 Å². The number of halogens is 1. The second-order valence-corrected chi connectivity index (χ2v) is 6.02. The van der Waals surface area contributed by atoms with Crippen LogP contribution < -0.4 is 0 Å². The summed E-state index contributed by atoms with van der Waals surface area (Å²) in [5, 5.41) is 0.702. The molecule has 0 amide bonds. The molecule has 0 N–H and O–H groups in total. The number of benzene rings is 2. The molecule has 0 heterocycles. The van der Waals surface area contributed by atoms with E-state index in [2.05, 4.69) is 0 Å². The number of carbonyl (C=O) groups excluding carboxylic acids is 1. The minimum atomic E-state index is -0.557. The van der Waals surface area contributed by atoms with Gasteiger partial charge in [0.15, 0.2) is 0 Å². The van der Waals surface area contributed by atoms with E-state index < -0.39 is 5.41 Å². The molecule has 22 heavy (non-hydrogen) atoms. The number of carbonyl (C=O) groups is 1. The standard InChI is InChI=1S/C19H17ClO2/c1-22-18(21)19(12-11-14-5-3-2-4-6-14)13-17(19)15-7-9-16(20)10-8-15/h2-12,17H,13H2,1H3/b12-11+/t17-,19+/m0/s1. The number of hydrogen-bond acceptors (Lipinski definition) is 2. The van der Waals surface area contributed by atoms with Crippen LogP contribution in [0.4, 0.5) is 0 Å². The van der Waals surface area contributed by atoms with Gasteiger partial charge in [-0.15, -0.1) is 0 Å². The third-order valence-electron chi connectivity index (χ3n) is 4.21. The Morgan fingerprint density at radius 2 is 1.86 bits per heavy atom. The minimum absolute atomic E-state index is 0.150. The predicted octanol–water partition coefficient (Wildman–Crippen LogP) is 4.70. The number of methoxy groups -OCH3 is 1. The molecule has 0 aromatic heterocycles. The van der Waals surface area contributed by atoms with Crippen molar-refractivity contribution in [1.29, 1.82) is 0 Å². The van der Waals surface area contributed by atoms with Crippen molar-refractivity contribution in [2.24, 2.45) is 5.41 Å². The molecule has 0 radical (unpaired) electrons. The number of rotatable bonds is 4. The van der Waals surface area contributed by atoms with Crippen LogP contribution in [0.2, 0.25) is 5.02 Å². The molecule has 2 aromatic rings. The molecule has 112 valence electrons. The van der Waals surface area contributed by atoms with Crippen LogP contribution in [0.15, 0.2) is 60.7 Å². The third kappa shape index (κ3) is 2.79. The van der Waals surface area contributed by atoms with Crippen molar-refractivity contribution in [3.8, 4) is 0 Å². The van der Waals surface area contributed by atoms with Crippen LogP contribution in [0, 0.1) is 5.41 Å². The lowest BCUT2D eigenvalue weighted by molar-refractivity contribution is -0.145. The van der Waals surface area contributed by atoms with E-state index in [9.17, 15) is 4.79 Å². The van der Waals surface area contributed by atoms with E-state index in [1.807, 2.05) is 66.7 Å². The molecule has 1 aliphatic rings. The Morgan fingerprint density at radius 1 is 1.18 bits per heavy atom. The predicted molar refractivity (Wildman–Crippen MR) is 88.7 cm³/mol. The Hall–Kier alpha value is -2.06. The molecule has 2 aromatic carbocycles. The normalized spacial score (nSPS) is 23.5. The summed E-state index contributed by atoms with van der Waals surface area (Å²) in [4.78, 5) is 12.3. The maximum Gasteiger partial charge on any atom is 0.316 e. The molecule has 3 heteroatoms. The molecule has 0 spiro atoms. The SMILES string of the molecule is COC(=O)[C@]1(/C=C/c2ccccc2)C[C@H]1c1ccc(Cl)cc1. The van der Waals surface area contributed by atoms with Gasteiger partial charge in [-0.1, -0.05) is 66.2 Å². The Morgan fingerprint density at radius 3 is 2.50 bits per heavy atom. The fourth-order valence-electron chi connectivity index (χ4n) is 2.87. The van der Waals surface area contributed by atoms with Gasteiger partial charge in [-0.2, -0.15) is 0 Å². The van der Waals surface area contributed by atoms with Gasteiger partial charge >= 0.3 is 5.97 Å². The topological polar surface area (TPSA) is 26.3 Å². The Kier molecular flexibility index (Phi) is 4.04. The van der Waals surface area contributed by atoms with Crippen LogP contribution in [0.25, 0.3) is 6.08 Å². The summed E-state index contributed by atoms with van der Waals surface area (Å²) in [6, 6.07) is 17.6. The van der Waals surface area contributed by atoms with Gasteiger partial charge in [0.1, 0.15) is 0 Å². The molecular weight excluding hydrogens is 296 g/mol. The van der Waals surface area contributed by atoms with E-state index >= 15 is 0 Å². The minimum Gasteiger partial charge on any atom is -0.468 e. The molecule has 3 rings (SSSR count). The monoisotopic (exact) mass is 312 g/mol. The first kappa shape index (κ1) is 14.9. The third-order valence-corrected chi connectivity index (χ3v) is 4.47. The number of ether oxygens (including phenoxy) is 1. The van der Waals surface area contributed by atoms with Crippen molar-refractivity contribution >= 4 is 23.6 Å². The summed E-state index contributed by atoms with van der Waals surface area (Å²) in [7, 11) is 1.44. The van der Waals surface area contributed by atoms with Crippen LogP contribution in [-0.2, 0) is 9.53 Å². The smallest absolute Gasteiger partial charge is 0.316 e. The van der Waals surface area contributed by atoms with Crippen molar-refractivity contribution in [2.75, 3.05) is 7.11 Å². The summed E-state index contributed by atoms with van der Waals surface area (Å²) < 4.78 is 5.03. The second-order valence-electron chi connectivity index (χ2n) is 5.58. The first-order valence-electron chi connectivity index (χ1n) is 7.24. The van der Waals surface area contributed by atoms with Gasteiger partial charge in [0.05, 0.1) is 12.5 Å². The lowest BCUT2D eigenvalue weighted by atomic mass is 9.97. The Bertz CT molecular complexity index is 691. The van der Waals surface area contributed by atoms with Gasteiger partial charge in [0.2, 0.25) is 0 Å². The van der Waals surface area contributed by atoms with Gasteiger partial charge in [-0.25, -0.2) is 0 Å². The fourth-order valence-corrected chi connectivity index (χ4v) is 2.99. The summed E-state index contributed by atoms with van der Waals surface area (Å²) in [5.41, 5.74) is 1.64. The highest BCUT2D eigenvalue weighted by molar-refractivity contribution is 6.30. The molecule has 1 aliphatic carbocycles. The van der Waals surface area contributed by atoms with E-state index in [1.165, 1.54) is 7.11 Å². The van der Waals surface area contributed by atoms with Crippen LogP contribution in [0.5, 0.6) is 0 Å². The maximum atomic E-state index is 12.3. The summed E-state index contributed by atoms with van der Waals surface area (Å²) in [5.74, 6) is -0.0307. The maximum absolute atomic E-state index is 12.3. The van der Waals surface area contributed by atoms with Crippen LogP contribution in [-0.4, -0.2) is 13.1 Å². The molecular formula is C19H17ClO2. The highest BCUT2D eigenvalue weighted by Crippen LogP contribution is 2.61. The lowest BCUT2D eigenvalue weighted by Crippen LogP contribution is -2.17. The number of esters is 1. The van der Waals surface area contributed by atoms with Gasteiger partial charge in [0.25, 0.3) is 0 Å². The molecule has 1 saturated carbocycles. The zero-order valence-corrected chi connectivity index (χ0v) is 13.1. The van der Waals surface area contributed by atoms with Crippen molar-refractivity contribution in [1.82, 2.24) is 0 Å². The zero-order chi connectivity index (χ0) is 15.6. The molecule has 2 nitrogen and oxygen atoms in total. The van der Waals surface area contributed by atoms with Crippen LogP contribution in [0.1, 0.15) is 23.5 Å². The summed E-state index contributed by atoms with van der Waals surface area (Å²) in [6.45, 7) is 0. The highest BCUT2D eigenvalue weighted by Gasteiger charge is 2.59. The van der Waals surface area contributed by atoms with E-state index in [1.54, 1.807) is 0 Å². The quantitative estimate of drug-likeness (QED) is 0.765. The van der Waals surface area contributed by atoms with Crippen molar-refractivity contribution in [3.05, 3.63) is 76.8 Å². The highest BCUT2D eigenvalue weighted by atomic mass is 35.5. The Labute approximate surface area is 135 Å². The molecule has 0 aliphatic heterocycles. The second kappa shape index (κ2) is 5.98. The van der Waals surface area contributed by atoms with Crippen molar-refractivity contribution in [2.45, 2.75) is 12.3 Å². The molecule has 2 atom stereocenters. The first-order valence-corrected chi connectivity index (χ1v) is 7.62. The van der Waals surface area contributed by atoms with Crippen LogP contribution >= 0.6 is 11.6 Å². The molecule has 1 fully saturated rings. The van der Waals surface area contributed by atoms with Gasteiger partial charge in [-0.3, -0.25) is 4.79 Å². The first-order chi connectivity index (χ1) is 10.7. The van der Waals surface area contributed by atoms with E-state index in [0.717, 1.165) is 17.5 Å². The summed E-state index contributed by atoms with van der Waals surface area (Å²) >= 11 is 5.93. The summed E-state index contributed by atoms with van der Waals surface area (Å²) in [6.07, 6.45) is 4.74. The average molecular weight is 313 g/mol. The van der Waals surface area contributed by atoms with E-state index in [4.69, 9.17) is 16.3 Å². The average Bonchev–Trinajstić information content (AvgIpc) is 3.30. The zero-order valence-electron chi connectivity index (χ0n) is 12.3. The Balaban J connectivity index is 1.87. The van der Waals surface area contributed by atoms with Crippen molar-refractivity contribution < 1.29 is 9.53 Å². The van der Waals surface area contributed by atoms with Gasteiger partial charge in [-0.05, 0) is 29.7 Å². The molecule has 0 bridgehead atoms. The molecule has 0 unspecified atom stereocenters. The molecule has 0 saturated heterocycles. The van der Waals surface area contributed by atoms with Gasteiger partial charge in [0, 0.05) is 10.9 Å². The lowest BCUT2D eigenvalue weighted by Gasteiger charge is -2.11. The largest absolute Gasteiger partial charge is 0.468 e. The fraction of sp³-hybridized carbons (Fsp3) is 0.211. The van der Waals surface area contributed by atoms with Gasteiger partial charge < -0.3 is 4.74 Å². The van der Waals surface area contributed by atoms with E-state index in [0.29, 0.717) is 5.02 Å². The van der Waals surface area contributed by atoms with E-state index in [-0.39, 0.29) is 11.9 Å².